The molecule has 0 saturated heterocycles. The van der Waals surface area contributed by atoms with E-state index in [-0.39, 0.29) is 17.6 Å². The number of aliphatic hydroxyl groups is 2. The molecule has 41 heavy (non-hydrogen) atoms. The van der Waals surface area contributed by atoms with Gasteiger partial charge in [-0.3, -0.25) is 0 Å². The van der Waals surface area contributed by atoms with E-state index >= 15 is 0 Å². The van der Waals surface area contributed by atoms with Crippen LogP contribution >= 0.6 is 0 Å². The molecule has 0 unspecified atom stereocenters. The largest absolute Gasteiger partial charge is 0.509 e. The van der Waals surface area contributed by atoms with Gasteiger partial charge in [0.05, 0.1) is 6.07 Å². The summed E-state index contributed by atoms with van der Waals surface area (Å²) in [6, 6.07) is 13.3. The maximum absolute atomic E-state index is 12.1. The number of hydrogen-bond acceptors (Lipinski definition) is 4. The molecule has 0 spiro atoms. The number of allylic oxidation sites excluding steroid dienone is 4. The summed E-state index contributed by atoms with van der Waals surface area (Å²) in [7, 11) is 0. The summed E-state index contributed by atoms with van der Waals surface area (Å²) in [5.74, 6) is -0.0627. The molecular weight excluding hydrogens is 504 g/mol. The van der Waals surface area contributed by atoms with E-state index in [1.54, 1.807) is 0 Å². The van der Waals surface area contributed by atoms with Crippen molar-refractivity contribution in [2.45, 2.75) is 71.9 Å². The van der Waals surface area contributed by atoms with Crippen LogP contribution in [0.1, 0.15) is 67.9 Å². The lowest BCUT2D eigenvalue weighted by Crippen LogP contribution is -2.50. The summed E-state index contributed by atoms with van der Waals surface area (Å²) in [4.78, 5) is 0. The molecule has 0 radical (unpaired) electrons. The number of aryl methyl sites for hydroxylation is 2. The topological polar surface area (TPSA) is 76.3 Å². The van der Waals surface area contributed by atoms with Crippen LogP contribution in [0.2, 0.25) is 0 Å². The zero-order chi connectivity index (χ0) is 29.6. The van der Waals surface area contributed by atoms with Crippen LogP contribution in [0.3, 0.4) is 0 Å². The van der Waals surface area contributed by atoms with Gasteiger partial charge in [0.15, 0.2) is 0 Å². The molecule has 0 aliphatic heterocycles. The smallest absolute Gasteiger partial charge is 0.150 e. The van der Waals surface area contributed by atoms with E-state index in [0.717, 1.165) is 52.7 Å². The Kier molecular flexibility index (Phi) is 7.72. The predicted molar refractivity (Wildman–Crippen MR) is 168 cm³/mol. The second-order valence-corrected chi connectivity index (χ2v) is 12.2. The summed E-state index contributed by atoms with van der Waals surface area (Å²) < 4.78 is 0. The van der Waals surface area contributed by atoms with Gasteiger partial charge in [-0.2, -0.15) is 5.26 Å². The van der Waals surface area contributed by atoms with E-state index in [0.29, 0.717) is 31.5 Å². The molecule has 0 heterocycles. The quantitative estimate of drug-likeness (QED) is 0.309. The van der Waals surface area contributed by atoms with Crippen molar-refractivity contribution >= 4 is 5.57 Å². The Morgan fingerprint density at radius 1 is 1.15 bits per heavy atom. The summed E-state index contributed by atoms with van der Waals surface area (Å²) in [5.41, 5.74) is 12.0. The standard InChI is InChI=1S/C37H42N2O2/c1-8-27-12-11-26(20-39-15-9-14-38)17-31(27)30-13-10-22(4)34-24(6)35-28(19-32(30)34)18-29-16-23(5)33(21(2)3)25(7)37(29,41)36(35)40/h10-13,17,28-29,39-41H,2,6-9,15-16,18-20H2,1,3-5H3/t28-,29-,37+/m1/s1. The zero-order valence-corrected chi connectivity index (χ0v) is 25.0. The van der Waals surface area contributed by atoms with Crippen LogP contribution in [-0.4, -0.2) is 22.4 Å². The molecule has 212 valence electrons. The molecule has 2 aromatic carbocycles. The lowest BCUT2D eigenvalue weighted by molar-refractivity contribution is -0.00938. The number of aliphatic hydroxyl groups excluding tert-OH is 1. The lowest BCUT2D eigenvalue weighted by Gasteiger charge is -2.50. The first-order valence-electron chi connectivity index (χ1n) is 14.8. The Labute approximate surface area is 245 Å². The second kappa shape index (κ2) is 11.0. The normalized spacial score (nSPS) is 23.6. The van der Waals surface area contributed by atoms with Crippen LogP contribution in [-0.2, 0) is 19.4 Å². The van der Waals surface area contributed by atoms with Gasteiger partial charge in [-0.05, 0) is 114 Å². The third-order valence-electron chi connectivity index (χ3n) is 9.54. The van der Waals surface area contributed by atoms with Gasteiger partial charge >= 0.3 is 0 Å². The first-order chi connectivity index (χ1) is 19.5. The molecule has 0 amide bonds. The van der Waals surface area contributed by atoms with Crippen molar-refractivity contribution in [3.63, 3.8) is 0 Å². The third kappa shape index (κ3) is 4.62. The summed E-state index contributed by atoms with van der Waals surface area (Å²) in [6.45, 7) is 22.7. The SMILES string of the molecule is C=C(C)C1=C(C)C[C@@H]2C[C@@H]3Cc4c(-c5cc(CNCCC#N)ccc5CC)ccc(C)c4C(=C)C3=C(O)[C@]2(O)C1=C. The Bertz CT molecular complexity index is 1580. The van der Waals surface area contributed by atoms with Crippen molar-refractivity contribution in [1.82, 2.24) is 5.32 Å². The summed E-state index contributed by atoms with van der Waals surface area (Å²) >= 11 is 0. The van der Waals surface area contributed by atoms with Gasteiger partial charge in [0, 0.05) is 31.0 Å². The minimum absolute atomic E-state index is 0.0233. The van der Waals surface area contributed by atoms with Gasteiger partial charge in [0.1, 0.15) is 11.4 Å². The Morgan fingerprint density at radius 3 is 2.59 bits per heavy atom. The van der Waals surface area contributed by atoms with Gasteiger partial charge in [-0.1, -0.05) is 62.1 Å². The van der Waals surface area contributed by atoms with Crippen LogP contribution in [0, 0.1) is 30.1 Å². The molecule has 5 rings (SSSR count). The highest BCUT2D eigenvalue weighted by atomic mass is 16.3. The van der Waals surface area contributed by atoms with Crippen LogP contribution in [0.4, 0.5) is 0 Å². The second-order valence-electron chi connectivity index (χ2n) is 12.2. The molecule has 3 N–H and O–H groups in total. The molecule has 2 aromatic rings. The number of benzene rings is 2. The Morgan fingerprint density at radius 2 is 1.90 bits per heavy atom. The molecule has 0 bridgehead atoms. The highest BCUT2D eigenvalue weighted by Crippen LogP contribution is 2.57. The molecule has 0 aromatic heterocycles. The fraction of sp³-hybridized carbons (Fsp3) is 0.378. The van der Waals surface area contributed by atoms with Crippen molar-refractivity contribution in [2.75, 3.05) is 6.54 Å². The molecule has 3 aliphatic rings. The average Bonchev–Trinajstić information content (AvgIpc) is 2.93. The van der Waals surface area contributed by atoms with Gasteiger partial charge < -0.3 is 15.5 Å². The highest BCUT2D eigenvalue weighted by molar-refractivity contribution is 5.89. The number of fused-ring (bicyclic) bond motifs is 3. The maximum atomic E-state index is 12.1. The molecule has 3 atom stereocenters. The van der Waals surface area contributed by atoms with Crippen molar-refractivity contribution in [2.24, 2.45) is 11.8 Å². The molecule has 4 heteroatoms. The minimum Gasteiger partial charge on any atom is -0.509 e. The van der Waals surface area contributed by atoms with Crippen LogP contribution in [0.5, 0.6) is 0 Å². The Hall–Kier alpha value is -3.65. The van der Waals surface area contributed by atoms with Crippen molar-refractivity contribution in [3.8, 4) is 17.2 Å². The first kappa shape index (κ1) is 28.9. The molecule has 0 fully saturated rings. The van der Waals surface area contributed by atoms with E-state index < -0.39 is 5.60 Å². The predicted octanol–water partition coefficient (Wildman–Crippen LogP) is 7.83. The van der Waals surface area contributed by atoms with Gasteiger partial charge in [-0.15, -0.1) is 0 Å². The van der Waals surface area contributed by atoms with E-state index in [4.69, 9.17) is 5.26 Å². The number of nitrogens with zero attached hydrogens (tertiary/aromatic N) is 1. The number of rotatable bonds is 7. The minimum atomic E-state index is -1.51. The third-order valence-corrected chi connectivity index (χ3v) is 9.54. The lowest BCUT2D eigenvalue weighted by atomic mass is 9.57. The van der Waals surface area contributed by atoms with E-state index in [1.807, 2.05) is 6.92 Å². The van der Waals surface area contributed by atoms with E-state index in [1.165, 1.54) is 33.4 Å². The van der Waals surface area contributed by atoms with Gasteiger partial charge in [-0.25, -0.2) is 0 Å². The summed E-state index contributed by atoms with van der Waals surface area (Å²) in [5, 5.41) is 36.2. The average molecular weight is 547 g/mol. The van der Waals surface area contributed by atoms with Crippen LogP contribution in [0.15, 0.2) is 83.7 Å². The van der Waals surface area contributed by atoms with E-state index in [9.17, 15) is 10.2 Å². The number of nitriles is 1. The molecule has 3 aliphatic carbocycles. The van der Waals surface area contributed by atoms with Crippen molar-refractivity contribution < 1.29 is 10.2 Å². The zero-order valence-electron chi connectivity index (χ0n) is 25.0. The van der Waals surface area contributed by atoms with Gasteiger partial charge in [0.2, 0.25) is 0 Å². The number of hydrogen-bond donors (Lipinski definition) is 3. The molecule has 4 nitrogen and oxygen atoms in total. The fourth-order valence-electron chi connectivity index (χ4n) is 7.66. The highest BCUT2D eigenvalue weighted by Gasteiger charge is 2.54. The van der Waals surface area contributed by atoms with Crippen LogP contribution < -0.4 is 5.32 Å². The van der Waals surface area contributed by atoms with Crippen molar-refractivity contribution in [1.29, 1.82) is 5.26 Å². The van der Waals surface area contributed by atoms with Crippen molar-refractivity contribution in [3.05, 3.63) is 112 Å². The fourth-order valence-corrected chi connectivity index (χ4v) is 7.66. The van der Waals surface area contributed by atoms with Gasteiger partial charge in [0.25, 0.3) is 0 Å². The summed E-state index contributed by atoms with van der Waals surface area (Å²) in [6.07, 6.45) is 3.65. The van der Waals surface area contributed by atoms with E-state index in [2.05, 4.69) is 82.2 Å². The first-order valence-corrected chi connectivity index (χ1v) is 14.8. The number of nitrogens with one attached hydrogen (secondary N) is 1. The Balaban J connectivity index is 1.62. The monoisotopic (exact) mass is 546 g/mol. The van der Waals surface area contributed by atoms with Crippen LogP contribution in [0.25, 0.3) is 16.7 Å². The maximum Gasteiger partial charge on any atom is 0.150 e. The molecular formula is C37H42N2O2. The molecule has 0 saturated carbocycles.